The molecule has 0 bridgehead atoms. The standard InChI is InChI=1S/C20H21N5O3/c1-24-11-18(26)25-10-14(8-17(25)20(24)28)23-19(27)13-4-2-3-12(7-13)15-9-22-6-5-16(15)21/h2-7,9,14,17H,8,10-11H2,1H3,(H2,21,22)(H,23,27)/t14-,17-/m0/s1. The highest BCUT2D eigenvalue weighted by molar-refractivity contribution is 5.97. The first kappa shape index (κ1) is 18.0. The number of benzene rings is 1. The van der Waals surface area contributed by atoms with E-state index in [2.05, 4.69) is 10.3 Å². The van der Waals surface area contributed by atoms with E-state index in [-0.39, 0.29) is 30.3 Å². The van der Waals surface area contributed by atoms with Gasteiger partial charge in [-0.2, -0.15) is 0 Å². The Morgan fingerprint density at radius 3 is 2.89 bits per heavy atom. The average molecular weight is 379 g/mol. The van der Waals surface area contributed by atoms with Crippen molar-refractivity contribution in [1.82, 2.24) is 20.1 Å². The van der Waals surface area contributed by atoms with Crippen molar-refractivity contribution in [3.05, 3.63) is 48.3 Å². The quantitative estimate of drug-likeness (QED) is 0.807. The lowest BCUT2D eigenvalue weighted by Crippen LogP contribution is -2.55. The zero-order valence-corrected chi connectivity index (χ0v) is 15.5. The average Bonchev–Trinajstić information content (AvgIpc) is 3.11. The summed E-state index contributed by atoms with van der Waals surface area (Å²) in [6.07, 6.45) is 3.70. The van der Waals surface area contributed by atoms with Crippen molar-refractivity contribution in [2.24, 2.45) is 0 Å². The van der Waals surface area contributed by atoms with Crippen LogP contribution in [0.2, 0.25) is 0 Å². The zero-order chi connectivity index (χ0) is 19.8. The third-order valence-electron chi connectivity index (χ3n) is 5.28. The monoisotopic (exact) mass is 379 g/mol. The fourth-order valence-corrected chi connectivity index (χ4v) is 3.82. The molecular weight excluding hydrogens is 358 g/mol. The predicted octanol–water partition coefficient (Wildman–Crippen LogP) is 0.502. The normalized spacial score (nSPS) is 21.6. The van der Waals surface area contributed by atoms with Gasteiger partial charge in [-0.15, -0.1) is 0 Å². The Morgan fingerprint density at radius 2 is 2.11 bits per heavy atom. The lowest BCUT2D eigenvalue weighted by Gasteiger charge is -2.33. The fraction of sp³-hybridized carbons (Fsp3) is 0.300. The van der Waals surface area contributed by atoms with Crippen molar-refractivity contribution in [3.63, 3.8) is 0 Å². The molecule has 2 fully saturated rings. The molecule has 3 amide bonds. The smallest absolute Gasteiger partial charge is 0.251 e. The third-order valence-corrected chi connectivity index (χ3v) is 5.28. The van der Waals surface area contributed by atoms with Crippen LogP contribution in [0.5, 0.6) is 0 Å². The summed E-state index contributed by atoms with van der Waals surface area (Å²) in [5.74, 6) is -0.411. The first-order valence-corrected chi connectivity index (χ1v) is 9.09. The van der Waals surface area contributed by atoms with Crippen LogP contribution in [0.4, 0.5) is 5.69 Å². The van der Waals surface area contributed by atoms with Crippen LogP contribution in [0, 0.1) is 0 Å². The summed E-state index contributed by atoms with van der Waals surface area (Å²) in [5.41, 5.74) is 8.63. The second-order valence-electron chi connectivity index (χ2n) is 7.21. The van der Waals surface area contributed by atoms with E-state index < -0.39 is 6.04 Å². The van der Waals surface area contributed by atoms with Crippen molar-refractivity contribution < 1.29 is 14.4 Å². The number of nitrogens with zero attached hydrogens (tertiary/aromatic N) is 3. The van der Waals surface area contributed by atoms with Crippen molar-refractivity contribution in [2.45, 2.75) is 18.5 Å². The van der Waals surface area contributed by atoms with Crippen LogP contribution in [-0.2, 0) is 9.59 Å². The zero-order valence-electron chi connectivity index (χ0n) is 15.5. The van der Waals surface area contributed by atoms with Crippen LogP contribution in [0.25, 0.3) is 11.1 Å². The molecule has 0 spiro atoms. The molecule has 144 valence electrons. The Labute approximate surface area is 162 Å². The molecular formula is C20H21N5O3. The molecule has 8 heteroatoms. The molecule has 0 radical (unpaired) electrons. The van der Waals surface area contributed by atoms with E-state index in [1.54, 1.807) is 48.6 Å². The number of carbonyl (C=O) groups excluding carboxylic acids is 3. The number of nitrogens with two attached hydrogens (primary N) is 1. The van der Waals surface area contributed by atoms with Crippen molar-refractivity contribution in [2.75, 3.05) is 25.9 Å². The van der Waals surface area contributed by atoms with Gasteiger partial charge in [-0.05, 0) is 30.2 Å². The molecule has 0 unspecified atom stereocenters. The van der Waals surface area contributed by atoms with Gasteiger partial charge in [-0.3, -0.25) is 19.4 Å². The number of fused-ring (bicyclic) bond motifs is 1. The summed E-state index contributed by atoms with van der Waals surface area (Å²) in [7, 11) is 1.62. The van der Waals surface area contributed by atoms with Crippen LogP contribution >= 0.6 is 0 Å². The van der Waals surface area contributed by atoms with Gasteiger partial charge < -0.3 is 20.9 Å². The fourth-order valence-electron chi connectivity index (χ4n) is 3.82. The highest BCUT2D eigenvalue weighted by atomic mass is 16.2. The minimum Gasteiger partial charge on any atom is -0.398 e. The summed E-state index contributed by atoms with van der Waals surface area (Å²) in [6.45, 7) is 0.439. The van der Waals surface area contributed by atoms with Gasteiger partial charge in [0.2, 0.25) is 11.8 Å². The van der Waals surface area contributed by atoms with Crippen molar-refractivity contribution >= 4 is 23.4 Å². The molecule has 4 rings (SSSR count). The number of hydrogen-bond donors (Lipinski definition) is 2. The Morgan fingerprint density at radius 1 is 1.29 bits per heavy atom. The maximum absolute atomic E-state index is 12.7. The van der Waals surface area contributed by atoms with Crippen LogP contribution in [-0.4, -0.2) is 64.7 Å². The van der Waals surface area contributed by atoms with E-state index in [0.717, 1.165) is 11.1 Å². The van der Waals surface area contributed by atoms with Gasteiger partial charge in [0.1, 0.15) is 6.04 Å². The molecule has 2 aliphatic rings. The molecule has 3 N–H and O–H groups in total. The molecule has 2 aromatic rings. The number of rotatable bonds is 3. The van der Waals surface area contributed by atoms with Gasteiger partial charge >= 0.3 is 0 Å². The van der Waals surface area contributed by atoms with Crippen LogP contribution < -0.4 is 11.1 Å². The molecule has 1 aromatic heterocycles. The van der Waals surface area contributed by atoms with E-state index in [1.165, 1.54) is 4.90 Å². The predicted molar refractivity (Wildman–Crippen MR) is 103 cm³/mol. The maximum Gasteiger partial charge on any atom is 0.251 e. The number of hydrogen-bond acceptors (Lipinski definition) is 5. The summed E-state index contributed by atoms with van der Waals surface area (Å²) < 4.78 is 0. The van der Waals surface area contributed by atoms with Gasteiger partial charge in [-0.25, -0.2) is 0 Å². The summed E-state index contributed by atoms with van der Waals surface area (Å²) >= 11 is 0. The summed E-state index contributed by atoms with van der Waals surface area (Å²) in [4.78, 5) is 44.3. The van der Waals surface area contributed by atoms with Gasteiger partial charge in [0, 0.05) is 48.8 Å². The number of nitrogens with one attached hydrogen (secondary N) is 1. The molecule has 2 saturated heterocycles. The Bertz CT molecular complexity index is 960. The molecule has 0 aliphatic carbocycles. The number of pyridine rings is 1. The molecule has 1 aromatic carbocycles. The van der Waals surface area contributed by atoms with E-state index in [4.69, 9.17) is 5.73 Å². The maximum atomic E-state index is 12.7. The molecule has 0 saturated carbocycles. The first-order chi connectivity index (χ1) is 13.4. The lowest BCUT2D eigenvalue weighted by atomic mass is 10.0. The van der Waals surface area contributed by atoms with E-state index >= 15 is 0 Å². The van der Waals surface area contributed by atoms with Gasteiger partial charge in [0.15, 0.2) is 0 Å². The van der Waals surface area contributed by atoms with Crippen LogP contribution in [0.1, 0.15) is 16.8 Å². The highest BCUT2D eigenvalue weighted by Crippen LogP contribution is 2.26. The number of carbonyl (C=O) groups is 3. The second-order valence-corrected chi connectivity index (χ2v) is 7.21. The molecule has 8 nitrogen and oxygen atoms in total. The van der Waals surface area contributed by atoms with E-state index in [9.17, 15) is 14.4 Å². The van der Waals surface area contributed by atoms with Crippen molar-refractivity contribution in [3.8, 4) is 11.1 Å². The summed E-state index contributed by atoms with van der Waals surface area (Å²) in [5, 5.41) is 2.95. The highest BCUT2D eigenvalue weighted by Gasteiger charge is 2.44. The number of likely N-dealkylation sites (N-methyl/N-ethyl adjacent to an activating group) is 1. The topological polar surface area (TPSA) is 109 Å². The number of nitrogen functional groups attached to an aromatic ring is 1. The SMILES string of the molecule is CN1CC(=O)N2C[C@@H](NC(=O)c3cccc(-c4cnccc4N)c3)C[C@H]2C1=O. The van der Waals surface area contributed by atoms with Crippen LogP contribution in [0.3, 0.4) is 0 Å². The molecule has 2 aliphatic heterocycles. The van der Waals surface area contributed by atoms with E-state index in [1.807, 2.05) is 6.07 Å². The first-order valence-electron chi connectivity index (χ1n) is 9.09. The van der Waals surface area contributed by atoms with Gasteiger partial charge in [0.25, 0.3) is 5.91 Å². The molecule has 2 atom stereocenters. The Balaban J connectivity index is 1.49. The molecule has 3 heterocycles. The minimum atomic E-state index is -0.488. The van der Waals surface area contributed by atoms with Crippen molar-refractivity contribution in [1.29, 1.82) is 0 Å². The Hall–Kier alpha value is -3.42. The number of aromatic nitrogens is 1. The van der Waals surface area contributed by atoms with Gasteiger partial charge in [0.05, 0.1) is 6.54 Å². The largest absolute Gasteiger partial charge is 0.398 e. The van der Waals surface area contributed by atoms with E-state index in [0.29, 0.717) is 24.2 Å². The summed E-state index contributed by atoms with van der Waals surface area (Å²) in [6, 6.07) is 8.10. The van der Waals surface area contributed by atoms with Gasteiger partial charge in [-0.1, -0.05) is 12.1 Å². The Kier molecular flexibility index (Phi) is 4.46. The second kappa shape index (κ2) is 6.95. The van der Waals surface area contributed by atoms with Crippen LogP contribution in [0.15, 0.2) is 42.7 Å². The number of anilines is 1. The number of piperazine rings is 1. The third kappa shape index (κ3) is 3.17. The lowest BCUT2D eigenvalue weighted by molar-refractivity contribution is -0.152. The molecule has 28 heavy (non-hydrogen) atoms. The minimum absolute atomic E-state index is 0.0783. The number of amides is 3.